The zero-order valence-electron chi connectivity index (χ0n) is 11.0. The van der Waals surface area contributed by atoms with Crippen LogP contribution in [0.5, 0.6) is 0 Å². The SMILES string of the molecule is CC(=O)Cc1c2cc(C)oc2c(Cl)c2cc(C)oc12. The second-order valence-corrected chi connectivity index (χ2v) is 5.25. The number of halogens is 1. The number of ketones is 1. The van der Waals surface area contributed by atoms with E-state index in [1.165, 1.54) is 0 Å². The lowest BCUT2D eigenvalue weighted by Gasteiger charge is -2.03. The predicted octanol–water partition coefficient (Wildman–Crippen LogP) is 4.58. The Morgan fingerprint density at radius 1 is 1.11 bits per heavy atom. The van der Waals surface area contributed by atoms with Gasteiger partial charge in [0.25, 0.3) is 0 Å². The van der Waals surface area contributed by atoms with Gasteiger partial charge in [0.05, 0.1) is 5.02 Å². The van der Waals surface area contributed by atoms with Crippen molar-refractivity contribution in [3.05, 3.63) is 34.2 Å². The monoisotopic (exact) mass is 276 g/mol. The van der Waals surface area contributed by atoms with Gasteiger partial charge >= 0.3 is 0 Å². The van der Waals surface area contributed by atoms with E-state index < -0.39 is 0 Å². The summed E-state index contributed by atoms with van der Waals surface area (Å²) in [5.74, 6) is 1.62. The lowest BCUT2D eigenvalue weighted by Crippen LogP contribution is -1.97. The largest absolute Gasteiger partial charge is 0.461 e. The van der Waals surface area contributed by atoms with Crippen molar-refractivity contribution in [2.75, 3.05) is 0 Å². The van der Waals surface area contributed by atoms with Crippen LogP contribution in [0.15, 0.2) is 21.0 Å². The first-order chi connectivity index (χ1) is 8.97. The standard InChI is InChI=1S/C15H13ClO3/c1-7(17)4-10-11-5-8(2)19-15(11)13(16)12-6-9(3)18-14(10)12/h5-6H,4H2,1-3H3. The summed E-state index contributed by atoms with van der Waals surface area (Å²) in [4.78, 5) is 11.5. The van der Waals surface area contributed by atoms with Crippen LogP contribution in [0.3, 0.4) is 0 Å². The van der Waals surface area contributed by atoms with Crippen LogP contribution in [0.4, 0.5) is 0 Å². The summed E-state index contributed by atoms with van der Waals surface area (Å²) in [7, 11) is 0. The molecule has 0 saturated heterocycles. The minimum absolute atomic E-state index is 0.0813. The number of fused-ring (bicyclic) bond motifs is 2. The second-order valence-electron chi connectivity index (χ2n) is 4.87. The Labute approximate surface area is 115 Å². The topological polar surface area (TPSA) is 43.4 Å². The Morgan fingerprint density at radius 2 is 1.68 bits per heavy atom. The number of hydrogen-bond donors (Lipinski definition) is 0. The highest BCUT2D eigenvalue weighted by Gasteiger charge is 2.20. The zero-order valence-corrected chi connectivity index (χ0v) is 11.7. The predicted molar refractivity (Wildman–Crippen MR) is 74.9 cm³/mol. The van der Waals surface area contributed by atoms with Crippen molar-refractivity contribution in [1.29, 1.82) is 0 Å². The summed E-state index contributed by atoms with van der Waals surface area (Å²) in [5, 5.41) is 2.21. The number of hydrogen-bond acceptors (Lipinski definition) is 3. The van der Waals surface area contributed by atoms with Gasteiger partial charge in [-0.2, -0.15) is 0 Å². The van der Waals surface area contributed by atoms with Crippen LogP contribution in [0.2, 0.25) is 5.02 Å². The van der Waals surface area contributed by atoms with E-state index in [0.29, 0.717) is 22.6 Å². The fourth-order valence-corrected chi connectivity index (χ4v) is 2.75. The van der Waals surface area contributed by atoms with Crippen LogP contribution in [-0.4, -0.2) is 5.78 Å². The van der Waals surface area contributed by atoms with Crippen molar-refractivity contribution < 1.29 is 13.6 Å². The highest BCUT2D eigenvalue weighted by molar-refractivity contribution is 6.40. The lowest BCUT2D eigenvalue weighted by atomic mass is 10.0. The fraction of sp³-hybridized carbons (Fsp3) is 0.267. The van der Waals surface area contributed by atoms with Gasteiger partial charge in [-0.25, -0.2) is 0 Å². The maximum absolute atomic E-state index is 11.5. The molecule has 0 unspecified atom stereocenters. The number of Topliss-reactive ketones (excluding diaryl/α,β-unsaturated/α-hetero) is 1. The van der Waals surface area contributed by atoms with Crippen molar-refractivity contribution >= 4 is 39.3 Å². The van der Waals surface area contributed by atoms with Crippen molar-refractivity contribution in [2.24, 2.45) is 0 Å². The Hall–Kier alpha value is -1.74. The molecule has 1 aromatic carbocycles. The molecule has 0 N–H and O–H groups in total. The van der Waals surface area contributed by atoms with Crippen LogP contribution in [0, 0.1) is 13.8 Å². The lowest BCUT2D eigenvalue weighted by molar-refractivity contribution is -0.116. The van der Waals surface area contributed by atoms with Gasteiger partial charge in [0.15, 0.2) is 5.58 Å². The normalized spacial score (nSPS) is 11.6. The van der Waals surface area contributed by atoms with Crippen LogP contribution in [-0.2, 0) is 11.2 Å². The summed E-state index contributed by atoms with van der Waals surface area (Å²) in [6.07, 6.45) is 0.316. The van der Waals surface area contributed by atoms with Crippen molar-refractivity contribution in [1.82, 2.24) is 0 Å². The first kappa shape index (κ1) is 12.3. The molecule has 0 fully saturated rings. The second kappa shape index (κ2) is 4.14. The van der Waals surface area contributed by atoms with E-state index in [2.05, 4.69) is 0 Å². The summed E-state index contributed by atoms with van der Waals surface area (Å²) < 4.78 is 11.4. The van der Waals surface area contributed by atoms with E-state index in [-0.39, 0.29) is 5.78 Å². The van der Waals surface area contributed by atoms with Crippen LogP contribution < -0.4 is 0 Å². The van der Waals surface area contributed by atoms with Crippen LogP contribution in [0.1, 0.15) is 24.0 Å². The average molecular weight is 277 g/mol. The summed E-state index contributed by atoms with van der Waals surface area (Å²) in [5.41, 5.74) is 2.17. The van der Waals surface area contributed by atoms with Gasteiger partial charge in [0.2, 0.25) is 0 Å². The zero-order chi connectivity index (χ0) is 13.7. The third-order valence-electron chi connectivity index (χ3n) is 3.17. The molecule has 0 spiro atoms. The van der Waals surface area contributed by atoms with Gasteiger partial charge < -0.3 is 8.83 Å². The molecule has 3 aromatic rings. The molecular weight excluding hydrogens is 264 g/mol. The highest BCUT2D eigenvalue weighted by atomic mass is 35.5. The van der Waals surface area contributed by atoms with E-state index in [1.54, 1.807) is 6.92 Å². The molecule has 4 heteroatoms. The third-order valence-corrected chi connectivity index (χ3v) is 3.55. The molecule has 0 radical (unpaired) electrons. The number of carbonyl (C=O) groups excluding carboxylic acids is 1. The van der Waals surface area contributed by atoms with Gasteiger partial charge in [-0.15, -0.1) is 0 Å². The Kier molecular flexibility index (Phi) is 2.68. The van der Waals surface area contributed by atoms with Gasteiger partial charge in [0.1, 0.15) is 22.9 Å². The molecule has 0 aliphatic rings. The first-order valence-corrected chi connectivity index (χ1v) is 6.45. The van der Waals surface area contributed by atoms with E-state index in [9.17, 15) is 4.79 Å². The number of benzene rings is 1. The molecule has 0 atom stereocenters. The van der Waals surface area contributed by atoms with E-state index in [4.69, 9.17) is 20.4 Å². The third kappa shape index (κ3) is 1.85. The van der Waals surface area contributed by atoms with E-state index in [1.807, 2.05) is 26.0 Å². The van der Waals surface area contributed by atoms with Gasteiger partial charge in [0, 0.05) is 22.8 Å². The number of rotatable bonds is 2. The Morgan fingerprint density at radius 3 is 2.32 bits per heavy atom. The van der Waals surface area contributed by atoms with Crippen molar-refractivity contribution in [3.8, 4) is 0 Å². The van der Waals surface area contributed by atoms with Gasteiger partial charge in [-0.05, 0) is 32.9 Å². The molecule has 2 aromatic heterocycles. The molecule has 0 aliphatic carbocycles. The molecule has 2 heterocycles. The minimum atomic E-state index is 0.0813. The van der Waals surface area contributed by atoms with Crippen LogP contribution in [0.25, 0.3) is 21.9 Å². The maximum Gasteiger partial charge on any atom is 0.154 e. The van der Waals surface area contributed by atoms with Gasteiger partial charge in [-0.1, -0.05) is 11.6 Å². The average Bonchev–Trinajstić information content (AvgIpc) is 2.87. The summed E-state index contributed by atoms with van der Waals surface area (Å²) in [6.45, 7) is 5.29. The van der Waals surface area contributed by atoms with Gasteiger partial charge in [-0.3, -0.25) is 4.79 Å². The summed E-state index contributed by atoms with van der Waals surface area (Å²) >= 11 is 6.37. The summed E-state index contributed by atoms with van der Waals surface area (Å²) in [6, 6.07) is 3.77. The van der Waals surface area contributed by atoms with Crippen LogP contribution >= 0.6 is 11.6 Å². The molecule has 98 valence electrons. The Balaban J connectivity index is 2.50. The van der Waals surface area contributed by atoms with E-state index in [0.717, 1.165) is 27.9 Å². The quantitative estimate of drug-likeness (QED) is 0.688. The molecule has 0 aliphatic heterocycles. The molecular formula is C15H13ClO3. The number of aryl methyl sites for hydroxylation is 2. The first-order valence-electron chi connectivity index (χ1n) is 6.07. The molecule has 3 nitrogen and oxygen atoms in total. The van der Waals surface area contributed by atoms with Crippen molar-refractivity contribution in [2.45, 2.75) is 27.2 Å². The van der Waals surface area contributed by atoms with Crippen molar-refractivity contribution in [3.63, 3.8) is 0 Å². The molecule has 3 rings (SSSR count). The molecule has 0 bridgehead atoms. The molecule has 0 saturated carbocycles. The highest BCUT2D eigenvalue weighted by Crippen LogP contribution is 2.39. The fourth-order valence-electron chi connectivity index (χ4n) is 2.47. The smallest absolute Gasteiger partial charge is 0.154 e. The number of furan rings is 2. The minimum Gasteiger partial charge on any atom is -0.461 e. The maximum atomic E-state index is 11.5. The number of carbonyl (C=O) groups is 1. The van der Waals surface area contributed by atoms with E-state index >= 15 is 0 Å². The molecule has 19 heavy (non-hydrogen) atoms. The molecule has 0 amide bonds. The Bertz CT molecular complexity index is 750.